The zero-order chi connectivity index (χ0) is 14.5. The van der Waals surface area contributed by atoms with Crippen LogP contribution in [0.5, 0.6) is 0 Å². The maximum atomic E-state index is 10.8. The minimum absolute atomic E-state index is 0.111. The second kappa shape index (κ2) is 7.03. The number of aliphatic hydroxyl groups excluding tert-OH is 1. The Morgan fingerprint density at radius 3 is 2.63 bits per heavy atom. The van der Waals surface area contributed by atoms with Crippen LogP contribution in [0.4, 0.5) is 0 Å². The van der Waals surface area contributed by atoms with Crippen LogP contribution >= 0.6 is 15.9 Å². The summed E-state index contributed by atoms with van der Waals surface area (Å²) in [5, 5.41) is 21.4. The van der Waals surface area contributed by atoms with E-state index in [0.717, 1.165) is 16.5 Å². The predicted molar refractivity (Wildman–Crippen MR) is 78.3 cm³/mol. The van der Waals surface area contributed by atoms with Crippen molar-refractivity contribution in [1.82, 2.24) is 5.32 Å². The first-order valence-electron chi connectivity index (χ1n) is 6.29. The fourth-order valence-electron chi connectivity index (χ4n) is 1.77. The Balaban J connectivity index is 2.75. The summed E-state index contributed by atoms with van der Waals surface area (Å²) in [4.78, 5) is 10.8. The van der Waals surface area contributed by atoms with Crippen molar-refractivity contribution in [1.29, 1.82) is 0 Å². The normalized spacial score (nSPS) is 14.1. The minimum atomic E-state index is -0.932. The van der Waals surface area contributed by atoms with Crippen LogP contribution in [0.3, 0.4) is 0 Å². The maximum absolute atomic E-state index is 10.8. The van der Waals surface area contributed by atoms with E-state index in [-0.39, 0.29) is 17.7 Å². The number of rotatable bonds is 7. The Labute approximate surface area is 122 Å². The molecule has 0 saturated carbocycles. The van der Waals surface area contributed by atoms with E-state index in [9.17, 15) is 4.79 Å². The molecule has 1 atom stereocenters. The number of carbonyl (C=O) groups is 1. The molecule has 1 unspecified atom stereocenters. The van der Waals surface area contributed by atoms with Gasteiger partial charge < -0.3 is 15.5 Å². The summed E-state index contributed by atoms with van der Waals surface area (Å²) in [5.74, 6) is -0.932. The lowest BCUT2D eigenvalue weighted by Gasteiger charge is -2.29. The fraction of sp³-hybridized carbons (Fsp3) is 0.500. The molecule has 19 heavy (non-hydrogen) atoms. The molecule has 106 valence electrons. The fourth-order valence-corrected chi connectivity index (χ4v) is 2.29. The molecule has 0 aliphatic heterocycles. The molecule has 3 N–H and O–H groups in total. The average molecular weight is 330 g/mol. The lowest BCUT2D eigenvalue weighted by atomic mass is 9.94. The van der Waals surface area contributed by atoms with Gasteiger partial charge in [0.25, 0.3) is 0 Å². The molecule has 1 aromatic rings. The van der Waals surface area contributed by atoms with Gasteiger partial charge in [-0.25, -0.2) is 4.79 Å². The second-order valence-electron chi connectivity index (χ2n) is 4.85. The first kappa shape index (κ1) is 16.1. The van der Waals surface area contributed by atoms with Gasteiger partial charge >= 0.3 is 5.97 Å². The van der Waals surface area contributed by atoms with Crippen molar-refractivity contribution in [2.24, 2.45) is 0 Å². The van der Waals surface area contributed by atoms with E-state index in [4.69, 9.17) is 10.2 Å². The Morgan fingerprint density at radius 2 is 2.16 bits per heavy atom. The summed E-state index contributed by atoms with van der Waals surface area (Å²) in [7, 11) is 0. The molecule has 0 aliphatic rings. The van der Waals surface area contributed by atoms with Crippen LogP contribution in [0.1, 0.15) is 42.6 Å². The highest BCUT2D eigenvalue weighted by Crippen LogP contribution is 2.21. The number of halogens is 1. The maximum Gasteiger partial charge on any atom is 0.335 e. The number of carboxylic acid groups (broad SMARTS) is 1. The molecule has 0 bridgehead atoms. The van der Waals surface area contributed by atoms with Gasteiger partial charge in [-0.1, -0.05) is 28.9 Å². The summed E-state index contributed by atoms with van der Waals surface area (Å²) >= 11 is 3.39. The average Bonchev–Trinajstić information content (AvgIpc) is 2.37. The van der Waals surface area contributed by atoms with Gasteiger partial charge in [-0.15, -0.1) is 0 Å². The van der Waals surface area contributed by atoms with Crippen molar-refractivity contribution in [3.05, 3.63) is 33.8 Å². The van der Waals surface area contributed by atoms with Crippen LogP contribution in [0, 0.1) is 0 Å². The molecule has 1 aromatic carbocycles. The van der Waals surface area contributed by atoms with E-state index in [0.29, 0.717) is 13.0 Å². The number of hydrogen-bond acceptors (Lipinski definition) is 3. The molecular formula is C14H20BrNO3. The number of nitrogens with one attached hydrogen (secondary N) is 1. The number of hydrogen-bond donors (Lipinski definition) is 3. The van der Waals surface area contributed by atoms with Crippen molar-refractivity contribution in [2.45, 2.75) is 38.8 Å². The van der Waals surface area contributed by atoms with E-state index < -0.39 is 5.97 Å². The van der Waals surface area contributed by atoms with Crippen molar-refractivity contribution in [3.63, 3.8) is 0 Å². The second-order valence-corrected chi connectivity index (χ2v) is 5.71. The first-order chi connectivity index (χ1) is 8.91. The van der Waals surface area contributed by atoms with E-state index in [2.05, 4.69) is 35.1 Å². The van der Waals surface area contributed by atoms with Gasteiger partial charge in [0.05, 0.1) is 5.56 Å². The van der Waals surface area contributed by atoms with E-state index in [1.807, 2.05) is 0 Å². The molecule has 0 fully saturated rings. The van der Waals surface area contributed by atoms with Gasteiger partial charge in [0.2, 0.25) is 0 Å². The van der Waals surface area contributed by atoms with Crippen molar-refractivity contribution < 1.29 is 15.0 Å². The molecule has 0 spiro atoms. The lowest BCUT2D eigenvalue weighted by Crippen LogP contribution is -2.42. The van der Waals surface area contributed by atoms with Gasteiger partial charge in [0, 0.05) is 23.2 Å². The third kappa shape index (κ3) is 4.60. The van der Waals surface area contributed by atoms with E-state index in [1.54, 1.807) is 18.2 Å². The highest BCUT2D eigenvalue weighted by molar-refractivity contribution is 9.10. The SMILES string of the molecule is CCC(C)(CCO)NCc1ccc(C(=O)O)cc1Br. The summed E-state index contributed by atoms with van der Waals surface area (Å²) in [6.07, 6.45) is 1.60. The van der Waals surface area contributed by atoms with Gasteiger partial charge in [0.15, 0.2) is 0 Å². The molecular weight excluding hydrogens is 310 g/mol. The molecule has 1 rings (SSSR count). The molecule has 5 heteroatoms. The molecule has 0 aromatic heterocycles. The van der Waals surface area contributed by atoms with Gasteiger partial charge in [0.1, 0.15) is 0 Å². The monoisotopic (exact) mass is 329 g/mol. The first-order valence-corrected chi connectivity index (χ1v) is 7.09. The number of aliphatic hydroxyl groups is 1. The summed E-state index contributed by atoms with van der Waals surface area (Å²) < 4.78 is 0.780. The summed E-state index contributed by atoms with van der Waals surface area (Å²) in [6.45, 7) is 4.93. The van der Waals surface area contributed by atoms with Crippen molar-refractivity contribution >= 4 is 21.9 Å². The third-order valence-corrected chi connectivity index (χ3v) is 4.19. The third-order valence-electron chi connectivity index (χ3n) is 3.45. The summed E-state index contributed by atoms with van der Waals surface area (Å²) in [6, 6.07) is 5.00. The molecule has 0 saturated heterocycles. The molecule has 0 radical (unpaired) electrons. The van der Waals surface area contributed by atoms with Gasteiger partial charge in [-0.05, 0) is 37.5 Å². The smallest absolute Gasteiger partial charge is 0.335 e. The molecule has 0 heterocycles. The zero-order valence-electron chi connectivity index (χ0n) is 11.2. The standard InChI is InChI=1S/C14H20BrNO3/c1-3-14(2,6-7-17)16-9-11-5-4-10(13(18)19)8-12(11)15/h4-5,8,16-17H,3,6-7,9H2,1-2H3,(H,18,19). The highest BCUT2D eigenvalue weighted by Gasteiger charge is 2.20. The van der Waals surface area contributed by atoms with Crippen LogP contribution in [0.25, 0.3) is 0 Å². The van der Waals surface area contributed by atoms with Crippen LogP contribution < -0.4 is 5.32 Å². The number of carboxylic acids is 1. The van der Waals surface area contributed by atoms with Crippen LogP contribution in [-0.2, 0) is 6.54 Å². The van der Waals surface area contributed by atoms with Crippen molar-refractivity contribution in [2.75, 3.05) is 6.61 Å². The molecule has 4 nitrogen and oxygen atoms in total. The number of benzene rings is 1. The molecule has 0 amide bonds. The molecule has 0 aliphatic carbocycles. The Morgan fingerprint density at radius 1 is 1.47 bits per heavy atom. The Hall–Kier alpha value is -0.910. The van der Waals surface area contributed by atoms with Gasteiger partial charge in [-0.3, -0.25) is 0 Å². The van der Waals surface area contributed by atoms with Crippen molar-refractivity contribution in [3.8, 4) is 0 Å². The Bertz CT molecular complexity index is 450. The minimum Gasteiger partial charge on any atom is -0.478 e. The van der Waals surface area contributed by atoms with Crippen LogP contribution in [0.15, 0.2) is 22.7 Å². The summed E-state index contributed by atoms with van der Waals surface area (Å²) in [5.41, 5.74) is 1.16. The highest BCUT2D eigenvalue weighted by atomic mass is 79.9. The van der Waals surface area contributed by atoms with E-state index in [1.165, 1.54) is 0 Å². The number of aromatic carboxylic acids is 1. The topological polar surface area (TPSA) is 69.6 Å². The van der Waals surface area contributed by atoms with Gasteiger partial charge in [-0.2, -0.15) is 0 Å². The zero-order valence-corrected chi connectivity index (χ0v) is 12.8. The lowest BCUT2D eigenvalue weighted by molar-refractivity contribution is 0.0696. The quantitative estimate of drug-likeness (QED) is 0.719. The predicted octanol–water partition coefficient (Wildman–Crippen LogP) is 2.79. The van der Waals surface area contributed by atoms with E-state index >= 15 is 0 Å². The van der Waals surface area contributed by atoms with Crippen LogP contribution in [-0.4, -0.2) is 28.3 Å². The largest absolute Gasteiger partial charge is 0.478 e. The van der Waals surface area contributed by atoms with Crippen LogP contribution in [0.2, 0.25) is 0 Å². The Kier molecular flexibility index (Phi) is 5.97.